The van der Waals surface area contributed by atoms with Crippen LogP contribution in [-0.4, -0.2) is 13.1 Å². The van der Waals surface area contributed by atoms with Gasteiger partial charge in [-0.15, -0.1) is 0 Å². The number of halogens is 2. The molecule has 0 aliphatic heterocycles. The molecule has 0 fully saturated rings. The summed E-state index contributed by atoms with van der Waals surface area (Å²) in [7, 11) is 1.88. The quantitative estimate of drug-likeness (QED) is 0.741. The fourth-order valence-electron chi connectivity index (χ4n) is 2.74. The first-order chi connectivity index (χ1) is 9.13. The Morgan fingerprint density at radius 2 is 1.58 bits per heavy atom. The zero-order chi connectivity index (χ0) is 14.3. The summed E-state index contributed by atoms with van der Waals surface area (Å²) in [6.45, 7) is 4.30. The van der Waals surface area contributed by atoms with Gasteiger partial charge in [0.1, 0.15) is 11.6 Å². The summed E-state index contributed by atoms with van der Waals surface area (Å²) in [5.41, 5.74) is 0.207. The Labute approximate surface area is 115 Å². The monoisotopic (exact) mass is 269 g/mol. The lowest BCUT2D eigenvalue weighted by Gasteiger charge is -2.27. The van der Waals surface area contributed by atoms with Crippen LogP contribution in [-0.2, 0) is 6.42 Å². The Morgan fingerprint density at radius 1 is 1.05 bits per heavy atom. The van der Waals surface area contributed by atoms with Crippen molar-refractivity contribution in [3.05, 3.63) is 35.4 Å². The van der Waals surface area contributed by atoms with Crippen LogP contribution in [0.15, 0.2) is 18.2 Å². The van der Waals surface area contributed by atoms with E-state index in [2.05, 4.69) is 19.2 Å². The van der Waals surface area contributed by atoms with Crippen molar-refractivity contribution in [3.8, 4) is 0 Å². The lowest BCUT2D eigenvalue weighted by atomic mass is 9.86. The van der Waals surface area contributed by atoms with Crippen molar-refractivity contribution in [2.45, 2.75) is 52.0 Å². The fourth-order valence-corrected chi connectivity index (χ4v) is 2.74. The molecular weight excluding hydrogens is 244 g/mol. The van der Waals surface area contributed by atoms with E-state index < -0.39 is 11.6 Å². The van der Waals surface area contributed by atoms with Gasteiger partial charge in [-0.05, 0) is 44.4 Å². The van der Waals surface area contributed by atoms with Gasteiger partial charge in [-0.3, -0.25) is 0 Å². The second kappa shape index (κ2) is 8.26. The summed E-state index contributed by atoms with van der Waals surface area (Å²) < 4.78 is 27.4. The highest BCUT2D eigenvalue weighted by Crippen LogP contribution is 2.23. The highest BCUT2D eigenvalue weighted by atomic mass is 19.1. The number of hydrogen-bond acceptors (Lipinski definition) is 1. The zero-order valence-corrected chi connectivity index (χ0v) is 12.2. The van der Waals surface area contributed by atoms with Crippen molar-refractivity contribution in [2.75, 3.05) is 7.05 Å². The maximum absolute atomic E-state index is 13.7. The molecule has 0 aliphatic carbocycles. The summed E-state index contributed by atoms with van der Waals surface area (Å²) in [4.78, 5) is 0. The molecule has 1 N–H and O–H groups in total. The molecular formula is C16H25F2N. The first kappa shape index (κ1) is 16.1. The minimum Gasteiger partial charge on any atom is -0.316 e. The van der Waals surface area contributed by atoms with Crippen LogP contribution < -0.4 is 5.32 Å². The van der Waals surface area contributed by atoms with Gasteiger partial charge < -0.3 is 5.32 Å². The van der Waals surface area contributed by atoms with E-state index in [9.17, 15) is 8.78 Å². The predicted octanol–water partition coefficient (Wildman–Crippen LogP) is 4.31. The highest BCUT2D eigenvalue weighted by Gasteiger charge is 2.21. The van der Waals surface area contributed by atoms with Crippen molar-refractivity contribution in [1.29, 1.82) is 0 Å². The van der Waals surface area contributed by atoms with Gasteiger partial charge in [0.25, 0.3) is 0 Å². The van der Waals surface area contributed by atoms with E-state index in [1.807, 2.05) is 7.05 Å². The molecule has 1 rings (SSSR count). The molecule has 108 valence electrons. The molecule has 1 unspecified atom stereocenters. The fraction of sp³-hybridized carbons (Fsp3) is 0.625. The summed E-state index contributed by atoms with van der Waals surface area (Å²) in [6.07, 6.45) is 4.80. The van der Waals surface area contributed by atoms with Crippen LogP contribution in [0.4, 0.5) is 8.78 Å². The lowest BCUT2D eigenvalue weighted by Crippen LogP contribution is -2.36. The van der Waals surface area contributed by atoms with Gasteiger partial charge in [-0.2, -0.15) is 0 Å². The molecule has 1 aromatic rings. The van der Waals surface area contributed by atoms with Gasteiger partial charge in [-0.25, -0.2) is 8.78 Å². The molecule has 0 saturated carbocycles. The minimum absolute atomic E-state index is 0.131. The molecule has 1 aromatic carbocycles. The van der Waals surface area contributed by atoms with Crippen LogP contribution in [0.5, 0.6) is 0 Å². The van der Waals surface area contributed by atoms with Crippen molar-refractivity contribution in [2.24, 2.45) is 5.92 Å². The Morgan fingerprint density at radius 3 is 2.00 bits per heavy atom. The highest BCUT2D eigenvalue weighted by molar-refractivity contribution is 5.21. The molecule has 0 bridgehead atoms. The molecule has 3 heteroatoms. The summed E-state index contributed by atoms with van der Waals surface area (Å²) in [5, 5.41) is 3.24. The number of rotatable bonds is 8. The zero-order valence-electron chi connectivity index (χ0n) is 12.2. The molecule has 0 saturated heterocycles. The van der Waals surface area contributed by atoms with Gasteiger partial charge in [-0.1, -0.05) is 32.8 Å². The Bertz CT molecular complexity index is 353. The van der Waals surface area contributed by atoms with E-state index in [0.29, 0.717) is 12.3 Å². The molecule has 0 aromatic heterocycles. The van der Waals surface area contributed by atoms with Crippen LogP contribution in [0.2, 0.25) is 0 Å². The van der Waals surface area contributed by atoms with E-state index in [4.69, 9.17) is 0 Å². The Balaban J connectivity index is 2.85. The third-order valence-electron chi connectivity index (χ3n) is 3.74. The Hall–Kier alpha value is -0.960. The van der Waals surface area contributed by atoms with Crippen LogP contribution in [0.1, 0.15) is 45.1 Å². The van der Waals surface area contributed by atoms with Crippen molar-refractivity contribution >= 4 is 0 Å². The van der Waals surface area contributed by atoms with Gasteiger partial charge in [0.05, 0.1) is 0 Å². The van der Waals surface area contributed by atoms with E-state index in [0.717, 1.165) is 25.7 Å². The Kier molecular flexibility index (Phi) is 7.00. The molecule has 0 heterocycles. The average Bonchev–Trinajstić information content (AvgIpc) is 2.38. The van der Waals surface area contributed by atoms with Gasteiger partial charge in [0, 0.05) is 11.6 Å². The van der Waals surface area contributed by atoms with Crippen molar-refractivity contribution in [3.63, 3.8) is 0 Å². The van der Waals surface area contributed by atoms with Crippen LogP contribution >= 0.6 is 0 Å². The molecule has 1 atom stereocenters. The first-order valence-corrected chi connectivity index (χ1v) is 7.24. The first-order valence-electron chi connectivity index (χ1n) is 7.24. The average molecular weight is 269 g/mol. The van der Waals surface area contributed by atoms with E-state index >= 15 is 0 Å². The van der Waals surface area contributed by atoms with E-state index in [1.165, 1.54) is 18.2 Å². The number of nitrogens with one attached hydrogen (secondary N) is 1. The summed E-state index contributed by atoms with van der Waals surface area (Å²) in [5.74, 6) is -0.405. The summed E-state index contributed by atoms with van der Waals surface area (Å²) >= 11 is 0. The molecule has 0 radical (unpaired) electrons. The summed E-state index contributed by atoms with van der Waals surface area (Å²) in [6, 6.07) is 4.21. The predicted molar refractivity (Wildman–Crippen MR) is 76.2 cm³/mol. The van der Waals surface area contributed by atoms with Gasteiger partial charge in [0.2, 0.25) is 0 Å². The molecule has 0 amide bonds. The normalized spacial score (nSPS) is 12.9. The third-order valence-corrected chi connectivity index (χ3v) is 3.74. The molecule has 0 spiro atoms. The number of likely N-dealkylation sites (N-methyl/N-ethyl adjacent to an activating group) is 1. The second-order valence-corrected chi connectivity index (χ2v) is 5.14. The van der Waals surface area contributed by atoms with Crippen molar-refractivity contribution in [1.82, 2.24) is 5.32 Å². The van der Waals surface area contributed by atoms with E-state index in [1.54, 1.807) is 0 Å². The van der Waals surface area contributed by atoms with Crippen molar-refractivity contribution < 1.29 is 8.78 Å². The van der Waals surface area contributed by atoms with Crippen LogP contribution in [0.3, 0.4) is 0 Å². The minimum atomic E-state index is -0.438. The second-order valence-electron chi connectivity index (χ2n) is 5.14. The maximum atomic E-state index is 13.7. The van der Waals surface area contributed by atoms with Gasteiger partial charge in [0.15, 0.2) is 0 Å². The SMILES string of the molecule is CCCC(CCC)C(Cc1c(F)cccc1F)NC. The number of benzene rings is 1. The molecule has 19 heavy (non-hydrogen) atoms. The largest absolute Gasteiger partial charge is 0.316 e. The molecule has 1 nitrogen and oxygen atoms in total. The number of hydrogen-bond donors (Lipinski definition) is 1. The topological polar surface area (TPSA) is 12.0 Å². The smallest absolute Gasteiger partial charge is 0.129 e. The third kappa shape index (κ3) is 4.57. The van der Waals surface area contributed by atoms with E-state index in [-0.39, 0.29) is 11.6 Å². The maximum Gasteiger partial charge on any atom is 0.129 e. The van der Waals surface area contributed by atoms with Crippen LogP contribution in [0.25, 0.3) is 0 Å². The lowest BCUT2D eigenvalue weighted by molar-refractivity contribution is 0.317. The van der Waals surface area contributed by atoms with Crippen LogP contribution in [0, 0.1) is 17.6 Å². The molecule has 0 aliphatic rings. The van der Waals surface area contributed by atoms with Gasteiger partial charge >= 0.3 is 0 Å². The standard InChI is InChI=1S/C16H25F2N/c1-4-7-12(8-5-2)16(19-3)11-13-14(17)9-6-10-15(13)18/h6,9-10,12,16,19H,4-5,7-8,11H2,1-3H3.